The number of carbonyl (C=O) groups excluding carboxylic acids is 3. The second kappa shape index (κ2) is 10.6. The van der Waals surface area contributed by atoms with Crippen molar-refractivity contribution in [1.29, 1.82) is 0 Å². The van der Waals surface area contributed by atoms with E-state index in [1.54, 1.807) is 31.2 Å². The Labute approximate surface area is 157 Å². The van der Waals surface area contributed by atoms with Crippen molar-refractivity contribution in [2.45, 2.75) is 13.5 Å². The van der Waals surface area contributed by atoms with Crippen molar-refractivity contribution in [2.24, 2.45) is 0 Å². The molecule has 0 fully saturated rings. The summed E-state index contributed by atoms with van der Waals surface area (Å²) in [6.07, 6.45) is 0. The van der Waals surface area contributed by atoms with Crippen molar-refractivity contribution in [3.8, 4) is 5.75 Å². The molecule has 142 valence electrons. The first-order valence-corrected chi connectivity index (χ1v) is 8.56. The van der Waals surface area contributed by atoms with Gasteiger partial charge in [-0.15, -0.1) is 0 Å². The lowest BCUT2D eigenvalue weighted by atomic mass is 10.1. The summed E-state index contributed by atoms with van der Waals surface area (Å²) in [7, 11) is 0. The van der Waals surface area contributed by atoms with Crippen LogP contribution in [-0.2, 0) is 20.9 Å². The summed E-state index contributed by atoms with van der Waals surface area (Å²) in [5, 5.41) is 4.93. The molecule has 0 atom stereocenters. The zero-order valence-corrected chi connectivity index (χ0v) is 15.1. The molecule has 2 aromatic rings. The fourth-order valence-corrected chi connectivity index (χ4v) is 2.22. The van der Waals surface area contributed by atoms with Crippen LogP contribution in [0.1, 0.15) is 22.8 Å². The second-order valence-electron chi connectivity index (χ2n) is 5.57. The van der Waals surface area contributed by atoms with E-state index in [-0.39, 0.29) is 19.1 Å². The van der Waals surface area contributed by atoms with Gasteiger partial charge in [0.05, 0.1) is 12.1 Å². The molecule has 7 nitrogen and oxygen atoms in total. The summed E-state index contributed by atoms with van der Waals surface area (Å²) >= 11 is 0. The highest BCUT2D eigenvalue weighted by molar-refractivity contribution is 5.93. The van der Waals surface area contributed by atoms with Crippen molar-refractivity contribution in [2.75, 3.05) is 19.7 Å². The van der Waals surface area contributed by atoms with Gasteiger partial charge in [0.1, 0.15) is 12.4 Å². The van der Waals surface area contributed by atoms with Gasteiger partial charge in [-0.05, 0) is 25.1 Å². The number of esters is 1. The number of rotatable bonds is 9. The first kappa shape index (κ1) is 20.0. The standard InChI is InChI=1S/C20H22N2O5/c1-2-21-18(23)12-22-19(24)14-27-20(25)17-11-7-6-8-15(17)13-26-16-9-4-3-5-10-16/h3-11H,2,12-14H2,1H3,(H,21,23)(H,22,24). The molecule has 0 saturated carbocycles. The number of nitrogens with one attached hydrogen (secondary N) is 2. The van der Waals surface area contributed by atoms with Crippen LogP contribution < -0.4 is 15.4 Å². The quantitative estimate of drug-likeness (QED) is 0.655. The molecule has 27 heavy (non-hydrogen) atoms. The molecule has 7 heteroatoms. The fraction of sp³-hybridized carbons (Fsp3) is 0.250. The smallest absolute Gasteiger partial charge is 0.339 e. The molecule has 0 unspecified atom stereocenters. The van der Waals surface area contributed by atoms with Crippen LogP contribution in [0.15, 0.2) is 54.6 Å². The fourth-order valence-electron chi connectivity index (χ4n) is 2.22. The lowest BCUT2D eigenvalue weighted by Gasteiger charge is -2.11. The molecule has 2 rings (SSSR count). The van der Waals surface area contributed by atoms with Crippen LogP contribution in [0.4, 0.5) is 0 Å². The van der Waals surface area contributed by atoms with Crippen LogP contribution >= 0.6 is 0 Å². The Morgan fingerprint density at radius 2 is 1.59 bits per heavy atom. The van der Waals surface area contributed by atoms with E-state index in [4.69, 9.17) is 9.47 Å². The van der Waals surface area contributed by atoms with Gasteiger partial charge in [-0.3, -0.25) is 9.59 Å². The van der Waals surface area contributed by atoms with Gasteiger partial charge in [0.25, 0.3) is 5.91 Å². The zero-order chi connectivity index (χ0) is 19.5. The van der Waals surface area contributed by atoms with E-state index in [1.807, 2.05) is 30.3 Å². The van der Waals surface area contributed by atoms with Crippen LogP contribution in [0.25, 0.3) is 0 Å². The van der Waals surface area contributed by atoms with Crippen molar-refractivity contribution in [3.05, 3.63) is 65.7 Å². The third-order valence-corrected chi connectivity index (χ3v) is 3.53. The molecule has 0 aliphatic carbocycles. The molecule has 0 aromatic heterocycles. The second-order valence-corrected chi connectivity index (χ2v) is 5.57. The number of benzene rings is 2. The highest BCUT2D eigenvalue weighted by Gasteiger charge is 2.15. The number of carbonyl (C=O) groups is 3. The number of hydrogen-bond acceptors (Lipinski definition) is 5. The highest BCUT2D eigenvalue weighted by Crippen LogP contribution is 2.15. The summed E-state index contributed by atoms with van der Waals surface area (Å²) < 4.78 is 10.7. The van der Waals surface area contributed by atoms with E-state index in [1.165, 1.54) is 0 Å². The van der Waals surface area contributed by atoms with Gasteiger partial charge in [-0.25, -0.2) is 4.79 Å². The van der Waals surface area contributed by atoms with Gasteiger partial charge < -0.3 is 20.1 Å². The number of hydrogen-bond donors (Lipinski definition) is 2. The summed E-state index contributed by atoms with van der Waals surface area (Å²) in [4.78, 5) is 35.3. The Kier molecular flexibility index (Phi) is 7.84. The largest absolute Gasteiger partial charge is 0.489 e. The SMILES string of the molecule is CCNC(=O)CNC(=O)COC(=O)c1ccccc1COc1ccccc1. The summed E-state index contributed by atoms with van der Waals surface area (Å²) in [5.74, 6) is -0.797. The molecule has 2 aromatic carbocycles. The van der Waals surface area contributed by atoms with Crippen LogP contribution in [0, 0.1) is 0 Å². The van der Waals surface area contributed by atoms with E-state index in [0.717, 1.165) is 0 Å². The first-order valence-electron chi connectivity index (χ1n) is 8.56. The molecule has 2 N–H and O–H groups in total. The van der Waals surface area contributed by atoms with Crippen LogP contribution in [-0.4, -0.2) is 37.5 Å². The van der Waals surface area contributed by atoms with E-state index in [0.29, 0.717) is 23.4 Å². The van der Waals surface area contributed by atoms with Crippen molar-refractivity contribution < 1.29 is 23.9 Å². The van der Waals surface area contributed by atoms with Crippen molar-refractivity contribution in [1.82, 2.24) is 10.6 Å². The molecule has 0 spiro atoms. The maximum atomic E-state index is 12.3. The molecular formula is C20H22N2O5. The predicted octanol–water partition coefficient (Wildman–Crippen LogP) is 1.67. The van der Waals surface area contributed by atoms with E-state index < -0.39 is 18.5 Å². The molecule has 0 bridgehead atoms. The first-order chi connectivity index (χ1) is 13.1. The topological polar surface area (TPSA) is 93.7 Å². The predicted molar refractivity (Wildman–Crippen MR) is 99.2 cm³/mol. The monoisotopic (exact) mass is 370 g/mol. The number of likely N-dealkylation sites (N-methyl/N-ethyl adjacent to an activating group) is 1. The summed E-state index contributed by atoms with van der Waals surface area (Å²) in [6.45, 7) is 1.82. The normalized spacial score (nSPS) is 9.96. The Hall–Kier alpha value is -3.35. The molecule has 0 radical (unpaired) electrons. The average molecular weight is 370 g/mol. The van der Waals surface area contributed by atoms with E-state index in [9.17, 15) is 14.4 Å². The third-order valence-electron chi connectivity index (χ3n) is 3.53. The molecule has 0 aliphatic heterocycles. The van der Waals surface area contributed by atoms with Gasteiger partial charge in [0.2, 0.25) is 5.91 Å². The van der Waals surface area contributed by atoms with Gasteiger partial charge in [-0.2, -0.15) is 0 Å². The Balaban J connectivity index is 1.87. The third kappa shape index (κ3) is 6.81. The minimum atomic E-state index is -0.629. The van der Waals surface area contributed by atoms with Gasteiger partial charge in [-0.1, -0.05) is 36.4 Å². The average Bonchev–Trinajstić information content (AvgIpc) is 2.70. The van der Waals surface area contributed by atoms with E-state index in [2.05, 4.69) is 10.6 Å². The summed E-state index contributed by atoms with van der Waals surface area (Å²) in [5.41, 5.74) is 0.971. The van der Waals surface area contributed by atoms with Gasteiger partial charge >= 0.3 is 5.97 Å². The lowest BCUT2D eigenvalue weighted by molar-refractivity contribution is -0.127. The Morgan fingerprint density at radius 3 is 2.33 bits per heavy atom. The minimum Gasteiger partial charge on any atom is -0.489 e. The Bertz CT molecular complexity index is 777. The molecule has 0 saturated heterocycles. The van der Waals surface area contributed by atoms with E-state index >= 15 is 0 Å². The number of amides is 2. The highest BCUT2D eigenvalue weighted by atomic mass is 16.5. The van der Waals surface area contributed by atoms with Crippen LogP contribution in [0.2, 0.25) is 0 Å². The lowest BCUT2D eigenvalue weighted by Crippen LogP contribution is -2.38. The number of ether oxygens (including phenoxy) is 2. The molecule has 0 heterocycles. The van der Waals surface area contributed by atoms with Crippen LogP contribution in [0.5, 0.6) is 5.75 Å². The van der Waals surface area contributed by atoms with Crippen LogP contribution in [0.3, 0.4) is 0 Å². The molecule has 0 aliphatic rings. The molecule has 2 amide bonds. The summed E-state index contributed by atoms with van der Waals surface area (Å²) in [6, 6.07) is 16.1. The zero-order valence-electron chi connectivity index (χ0n) is 15.1. The molecular weight excluding hydrogens is 348 g/mol. The maximum Gasteiger partial charge on any atom is 0.339 e. The Morgan fingerprint density at radius 1 is 0.889 bits per heavy atom. The van der Waals surface area contributed by atoms with Crippen molar-refractivity contribution >= 4 is 17.8 Å². The van der Waals surface area contributed by atoms with Gasteiger partial charge in [0, 0.05) is 12.1 Å². The van der Waals surface area contributed by atoms with Gasteiger partial charge in [0.15, 0.2) is 6.61 Å². The maximum absolute atomic E-state index is 12.3. The number of para-hydroxylation sites is 1. The van der Waals surface area contributed by atoms with Crippen molar-refractivity contribution in [3.63, 3.8) is 0 Å². The minimum absolute atomic E-state index is 0.161.